The van der Waals surface area contributed by atoms with Crippen molar-refractivity contribution >= 4 is 41.2 Å². The van der Waals surface area contributed by atoms with Crippen LogP contribution in [0.3, 0.4) is 0 Å². The van der Waals surface area contributed by atoms with Gasteiger partial charge in [-0.3, -0.25) is 4.79 Å². The van der Waals surface area contributed by atoms with Crippen LogP contribution >= 0.6 is 35.3 Å². The Kier molecular flexibility index (Phi) is 6.30. The molecular weight excluding hydrogens is 370 g/mol. The Balaban J connectivity index is 1.57. The lowest BCUT2D eigenvalue weighted by atomic mass is 9.78. The van der Waals surface area contributed by atoms with Crippen LogP contribution in [0.2, 0.25) is 0 Å². The van der Waals surface area contributed by atoms with Crippen LogP contribution in [0.15, 0.2) is 34.7 Å². The van der Waals surface area contributed by atoms with Gasteiger partial charge in [-0.1, -0.05) is 68.0 Å². The van der Waals surface area contributed by atoms with Crippen molar-refractivity contribution < 1.29 is 4.79 Å². The third kappa shape index (κ3) is 4.71. The minimum absolute atomic E-state index is 0.0864. The van der Waals surface area contributed by atoms with Gasteiger partial charge in [0.15, 0.2) is 8.29 Å². The van der Waals surface area contributed by atoms with E-state index in [-0.39, 0.29) is 5.91 Å². The molecule has 25 heavy (non-hydrogen) atoms. The monoisotopic (exact) mass is 393 g/mol. The molecule has 1 heterocycles. The number of thioether (sulfide) groups is 1. The van der Waals surface area contributed by atoms with Gasteiger partial charge in [0.2, 0.25) is 5.91 Å². The molecular formula is C18H23N3OS3. The zero-order valence-electron chi connectivity index (χ0n) is 14.5. The standard InChI is InChI=1S/C18H23N3OS3/c1-12-7-6-10-15(13(12)2)19-16(22)11-24-17-20-21(18(23)25-17)14-8-4-3-5-9-14/h3-5,8-9,12-13,15H,6-7,10-11H2,1-2H3,(H,19,22)/t12-,13+,15+/m0/s1. The van der Waals surface area contributed by atoms with Crippen LogP contribution in [0, 0.1) is 15.8 Å². The number of amides is 1. The lowest BCUT2D eigenvalue weighted by Crippen LogP contribution is -2.44. The largest absolute Gasteiger partial charge is 0.352 e. The van der Waals surface area contributed by atoms with E-state index in [1.54, 1.807) is 4.68 Å². The van der Waals surface area contributed by atoms with Crippen LogP contribution in [-0.4, -0.2) is 27.5 Å². The van der Waals surface area contributed by atoms with Crippen molar-refractivity contribution in [2.75, 3.05) is 5.75 Å². The van der Waals surface area contributed by atoms with Gasteiger partial charge >= 0.3 is 0 Å². The first kappa shape index (κ1) is 18.6. The Labute approximate surface area is 162 Å². The first-order valence-corrected chi connectivity index (χ1v) is 10.8. The molecule has 1 aliphatic carbocycles. The second-order valence-electron chi connectivity index (χ2n) is 6.61. The maximum Gasteiger partial charge on any atom is 0.230 e. The van der Waals surface area contributed by atoms with Gasteiger partial charge in [-0.05, 0) is 42.6 Å². The molecule has 1 aliphatic rings. The zero-order valence-corrected chi connectivity index (χ0v) is 16.9. The average Bonchev–Trinajstić information content (AvgIpc) is 2.99. The Hall–Kier alpha value is -1.18. The molecule has 7 heteroatoms. The van der Waals surface area contributed by atoms with Gasteiger partial charge in [0.05, 0.1) is 11.4 Å². The maximum atomic E-state index is 12.3. The summed E-state index contributed by atoms with van der Waals surface area (Å²) in [6.45, 7) is 4.52. The normalized spacial score (nSPS) is 23.4. The number of carbonyl (C=O) groups is 1. The zero-order chi connectivity index (χ0) is 17.8. The minimum Gasteiger partial charge on any atom is -0.352 e. The Morgan fingerprint density at radius 1 is 1.36 bits per heavy atom. The predicted octanol–water partition coefficient (Wildman–Crippen LogP) is 4.70. The molecule has 0 saturated heterocycles. The highest BCUT2D eigenvalue weighted by molar-refractivity contribution is 8.01. The number of rotatable bonds is 5. The lowest BCUT2D eigenvalue weighted by Gasteiger charge is -2.34. The Bertz CT molecular complexity index is 771. The topological polar surface area (TPSA) is 46.9 Å². The third-order valence-corrected chi connectivity index (χ3v) is 7.28. The van der Waals surface area contributed by atoms with Crippen molar-refractivity contribution in [1.82, 2.24) is 15.1 Å². The van der Waals surface area contributed by atoms with Crippen LogP contribution in [-0.2, 0) is 4.79 Å². The fraction of sp³-hybridized carbons (Fsp3) is 0.500. The van der Waals surface area contributed by atoms with Gasteiger partial charge in [0.25, 0.3) is 0 Å². The fourth-order valence-corrected chi connectivity index (χ4v) is 5.39. The summed E-state index contributed by atoms with van der Waals surface area (Å²) >= 11 is 8.30. The molecule has 1 aromatic heterocycles. The van der Waals surface area contributed by atoms with Crippen molar-refractivity contribution in [3.05, 3.63) is 34.3 Å². The summed E-state index contributed by atoms with van der Waals surface area (Å²) in [5.74, 6) is 1.69. The van der Waals surface area contributed by atoms with Crippen molar-refractivity contribution in [3.8, 4) is 5.69 Å². The van der Waals surface area contributed by atoms with Crippen molar-refractivity contribution in [3.63, 3.8) is 0 Å². The first-order valence-electron chi connectivity index (χ1n) is 8.62. The van der Waals surface area contributed by atoms with Gasteiger partial charge in [0, 0.05) is 6.04 Å². The molecule has 1 amide bonds. The summed E-state index contributed by atoms with van der Waals surface area (Å²) in [5, 5.41) is 7.75. The van der Waals surface area contributed by atoms with Crippen molar-refractivity contribution in [2.24, 2.45) is 11.8 Å². The van der Waals surface area contributed by atoms with Crippen molar-refractivity contribution in [2.45, 2.75) is 43.5 Å². The molecule has 1 saturated carbocycles. The van der Waals surface area contributed by atoms with Crippen LogP contribution in [0.5, 0.6) is 0 Å². The number of hydrogen-bond acceptors (Lipinski definition) is 5. The second-order valence-corrected chi connectivity index (χ2v) is 9.46. The first-order chi connectivity index (χ1) is 12.0. The highest BCUT2D eigenvalue weighted by atomic mass is 32.2. The van der Waals surface area contributed by atoms with Gasteiger partial charge < -0.3 is 5.32 Å². The van der Waals surface area contributed by atoms with Crippen LogP contribution in [0.25, 0.3) is 5.69 Å². The number of aromatic nitrogens is 2. The van der Waals surface area contributed by atoms with Crippen LogP contribution in [0.4, 0.5) is 0 Å². The number of nitrogens with one attached hydrogen (secondary N) is 1. The lowest BCUT2D eigenvalue weighted by molar-refractivity contribution is -0.119. The Morgan fingerprint density at radius 2 is 2.12 bits per heavy atom. The molecule has 0 aliphatic heterocycles. The minimum atomic E-state index is 0.0864. The highest BCUT2D eigenvalue weighted by Crippen LogP contribution is 2.30. The molecule has 2 aromatic rings. The molecule has 1 N–H and O–H groups in total. The predicted molar refractivity (Wildman–Crippen MR) is 107 cm³/mol. The second kappa shape index (κ2) is 8.47. The van der Waals surface area contributed by atoms with E-state index in [0.29, 0.717) is 27.6 Å². The maximum absolute atomic E-state index is 12.3. The van der Waals surface area contributed by atoms with Gasteiger partial charge in [-0.25, -0.2) is 4.68 Å². The van der Waals surface area contributed by atoms with Gasteiger partial charge in [-0.15, -0.1) is 5.10 Å². The molecule has 0 bridgehead atoms. The fourth-order valence-electron chi connectivity index (χ4n) is 3.21. The van der Waals surface area contributed by atoms with Crippen LogP contribution in [0.1, 0.15) is 33.1 Å². The van der Waals surface area contributed by atoms with E-state index in [9.17, 15) is 4.79 Å². The van der Waals surface area contributed by atoms with E-state index in [0.717, 1.165) is 16.4 Å². The quantitative estimate of drug-likeness (QED) is 0.591. The van der Waals surface area contributed by atoms with Gasteiger partial charge in [-0.2, -0.15) is 0 Å². The van der Waals surface area contributed by atoms with E-state index in [1.807, 2.05) is 30.3 Å². The number of para-hydroxylation sites is 1. The smallest absolute Gasteiger partial charge is 0.230 e. The van der Waals surface area contributed by atoms with E-state index < -0.39 is 0 Å². The van der Waals surface area contributed by atoms with Gasteiger partial charge in [0.1, 0.15) is 0 Å². The average molecular weight is 394 g/mol. The molecule has 0 unspecified atom stereocenters. The molecule has 3 atom stereocenters. The summed E-state index contributed by atoms with van der Waals surface area (Å²) in [6, 6.07) is 10.1. The molecule has 134 valence electrons. The summed E-state index contributed by atoms with van der Waals surface area (Å²) in [5.41, 5.74) is 0.949. The molecule has 0 radical (unpaired) electrons. The van der Waals surface area contributed by atoms with Crippen LogP contribution < -0.4 is 5.32 Å². The number of carbonyl (C=O) groups excluding carboxylic acids is 1. The molecule has 4 nitrogen and oxygen atoms in total. The number of hydrogen-bond donors (Lipinski definition) is 1. The molecule has 1 aromatic carbocycles. The third-order valence-electron chi connectivity index (χ3n) is 4.91. The Morgan fingerprint density at radius 3 is 2.88 bits per heavy atom. The highest BCUT2D eigenvalue weighted by Gasteiger charge is 2.28. The molecule has 0 spiro atoms. The summed E-state index contributed by atoms with van der Waals surface area (Å²) in [4.78, 5) is 12.3. The molecule has 1 fully saturated rings. The summed E-state index contributed by atoms with van der Waals surface area (Å²) in [6.07, 6.45) is 3.55. The van der Waals surface area contributed by atoms with E-state index in [1.165, 1.54) is 35.9 Å². The van der Waals surface area contributed by atoms with E-state index in [4.69, 9.17) is 12.2 Å². The van der Waals surface area contributed by atoms with E-state index >= 15 is 0 Å². The van der Waals surface area contributed by atoms with E-state index in [2.05, 4.69) is 24.3 Å². The summed E-state index contributed by atoms with van der Waals surface area (Å²) < 4.78 is 3.28. The number of nitrogens with zero attached hydrogens (tertiary/aromatic N) is 2. The summed E-state index contributed by atoms with van der Waals surface area (Å²) in [7, 11) is 0. The van der Waals surface area contributed by atoms with Crippen molar-refractivity contribution in [1.29, 1.82) is 0 Å². The SMILES string of the molecule is C[C@@H]1[C@@H](C)CCC[C@H]1NC(=O)CSc1nn(-c2ccccc2)c(=S)s1. The number of benzene rings is 1. The molecule has 3 rings (SSSR count).